The van der Waals surface area contributed by atoms with E-state index in [1.807, 2.05) is 24.6 Å². The molecule has 1 saturated heterocycles. The van der Waals surface area contributed by atoms with Crippen LogP contribution in [0.1, 0.15) is 62.1 Å². The van der Waals surface area contributed by atoms with E-state index in [4.69, 9.17) is 10.7 Å². The molecule has 0 radical (unpaired) electrons. The Labute approximate surface area is 147 Å². The fraction of sp³-hybridized carbons (Fsp3) is 0.556. The third-order valence-corrected chi connectivity index (χ3v) is 4.78. The Balaban J connectivity index is 2.05. The second-order valence-electron chi connectivity index (χ2n) is 7.31. The Hall–Kier alpha value is -2.44. The van der Waals surface area contributed by atoms with Gasteiger partial charge in [-0.1, -0.05) is 13.8 Å². The van der Waals surface area contributed by atoms with Crippen LogP contribution in [0.2, 0.25) is 0 Å². The molecule has 1 aliphatic rings. The number of primary amides is 1. The first-order valence-corrected chi connectivity index (χ1v) is 8.76. The Kier molecular flexibility index (Phi) is 4.49. The number of amides is 2. The number of rotatable bonds is 4. The fourth-order valence-electron chi connectivity index (χ4n) is 3.24. The van der Waals surface area contributed by atoms with Gasteiger partial charge in [-0.15, -0.1) is 0 Å². The number of fused-ring (bicyclic) bond motifs is 1. The van der Waals surface area contributed by atoms with Crippen LogP contribution in [0.3, 0.4) is 0 Å². The number of hydrogen-bond donors (Lipinski definition) is 1. The van der Waals surface area contributed by atoms with E-state index in [2.05, 4.69) is 18.9 Å². The first-order valence-electron chi connectivity index (χ1n) is 8.76. The zero-order valence-electron chi connectivity index (χ0n) is 15.2. The first-order chi connectivity index (χ1) is 11.8. The zero-order chi connectivity index (χ0) is 18.3. The van der Waals surface area contributed by atoms with E-state index in [0.29, 0.717) is 25.1 Å². The van der Waals surface area contributed by atoms with Gasteiger partial charge in [0, 0.05) is 24.8 Å². The lowest BCUT2D eigenvalue weighted by atomic mass is 10.0. The monoisotopic (exact) mass is 343 g/mol. The molecular formula is C18H25N5O2. The summed E-state index contributed by atoms with van der Waals surface area (Å²) >= 11 is 0. The number of hydrogen-bond acceptors (Lipinski definition) is 4. The molecular weight excluding hydrogens is 318 g/mol. The molecule has 2 amide bonds. The van der Waals surface area contributed by atoms with Crippen molar-refractivity contribution in [1.82, 2.24) is 19.7 Å². The second kappa shape index (κ2) is 6.46. The van der Waals surface area contributed by atoms with Crippen LogP contribution in [0.4, 0.5) is 0 Å². The van der Waals surface area contributed by atoms with Crippen LogP contribution in [-0.2, 0) is 4.79 Å². The third kappa shape index (κ3) is 3.10. The highest BCUT2D eigenvalue weighted by Gasteiger charge is 2.31. The summed E-state index contributed by atoms with van der Waals surface area (Å²) in [5.41, 5.74) is 7.59. The summed E-state index contributed by atoms with van der Waals surface area (Å²) in [4.78, 5) is 30.9. The van der Waals surface area contributed by atoms with E-state index in [1.165, 1.54) is 0 Å². The average molecular weight is 343 g/mol. The quantitative estimate of drug-likeness (QED) is 0.919. The molecule has 0 aliphatic carbocycles. The molecule has 0 unspecified atom stereocenters. The van der Waals surface area contributed by atoms with Crippen LogP contribution >= 0.6 is 0 Å². The van der Waals surface area contributed by atoms with Crippen molar-refractivity contribution >= 4 is 22.8 Å². The van der Waals surface area contributed by atoms with Crippen molar-refractivity contribution in [3.63, 3.8) is 0 Å². The van der Waals surface area contributed by atoms with Crippen molar-refractivity contribution in [2.45, 2.75) is 46.1 Å². The summed E-state index contributed by atoms with van der Waals surface area (Å²) in [6.45, 7) is 9.11. The number of nitrogens with two attached hydrogens (primary N) is 1. The molecule has 25 heavy (non-hydrogen) atoms. The van der Waals surface area contributed by atoms with E-state index >= 15 is 0 Å². The van der Waals surface area contributed by atoms with Crippen molar-refractivity contribution in [1.29, 1.82) is 0 Å². The third-order valence-electron chi connectivity index (χ3n) is 4.78. The van der Waals surface area contributed by atoms with Crippen LogP contribution in [0.25, 0.3) is 11.0 Å². The van der Waals surface area contributed by atoms with Gasteiger partial charge in [0.25, 0.3) is 5.91 Å². The minimum atomic E-state index is -0.342. The highest BCUT2D eigenvalue weighted by atomic mass is 16.2. The molecule has 0 aromatic carbocycles. The van der Waals surface area contributed by atoms with Gasteiger partial charge in [0.05, 0.1) is 23.1 Å². The highest BCUT2D eigenvalue weighted by Crippen LogP contribution is 2.27. The van der Waals surface area contributed by atoms with Crippen molar-refractivity contribution in [2.24, 2.45) is 11.7 Å². The lowest BCUT2D eigenvalue weighted by molar-refractivity contribution is -0.121. The van der Waals surface area contributed by atoms with E-state index in [-0.39, 0.29) is 29.7 Å². The largest absolute Gasteiger partial charge is 0.369 e. The maximum Gasteiger partial charge on any atom is 0.254 e. The number of carbonyl (C=O) groups excluding carboxylic acids is 2. The molecule has 1 atom stereocenters. The normalized spacial score (nSPS) is 17.8. The average Bonchev–Trinajstić information content (AvgIpc) is 3.20. The summed E-state index contributed by atoms with van der Waals surface area (Å²) in [5, 5.41) is 5.17. The molecule has 3 heterocycles. The second-order valence-corrected chi connectivity index (χ2v) is 7.31. The van der Waals surface area contributed by atoms with E-state index in [0.717, 1.165) is 16.7 Å². The molecule has 1 fully saturated rings. The fourth-order valence-corrected chi connectivity index (χ4v) is 3.24. The molecule has 0 saturated carbocycles. The van der Waals surface area contributed by atoms with Gasteiger partial charge in [-0.2, -0.15) is 5.10 Å². The summed E-state index contributed by atoms with van der Waals surface area (Å²) in [6.07, 6.45) is 2.33. The Morgan fingerprint density at radius 3 is 2.56 bits per heavy atom. The topological polar surface area (TPSA) is 94.1 Å². The molecule has 3 rings (SSSR count). The van der Waals surface area contributed by atoms with Gasteiger partial charge in [0.15, 0.2) is 5.65 Å². The SMILES string of the molecule is CC(C)c1cc(C(=O)N2CC[C@@H](C(N)=O)C2)c2cnn(C(C)C)c2n1. The van der Waals surface area contributed by atoms with Crippen LogP contribution in [-0.4, -0.2) is 44.6 Å². The lowest BCUT2D eigenvalue weighted by Gasteiger charge is -2.18. The summed E-state index contributed by atoms with van der Waals surface area (Å²) in [6, 6.07) is 2.01. The predicted molar refractivity (Wildman–Crippen MR) is 95.2 cm³/mol. The van der Waals surface area contributed by atoms with E-state index < -0.39 is 0 Å². The molecule has 2 aromatic heterocycles. The number of likely N-dealkylation sites (tertiary alicyclic amines) is 1. The summed E-state index contributed by atoms with van der Waals surface area (Å²) in [5.74, 6) is -0.486. The van der Waals surface area contributed by atoms with Crippen LogP contribution in [0, 0.1) is 5.92 Å². The first kappa shape index (κ1) is 17.4. The van der Waals surface area contributed by atoms with Crippen molar-refractivity contribution in [2.75, 3.05) is 13.1 Å². The maximum atomic E-state index is 13.1. The number of nitrogens with zero attached hydrogens (tertiary/aromatic N) is 4. The minimum absolute atomic E-state index is 0.0821. The zero-order valence-corrected chi connectivity index (χ0v) is 15.2. The van der Waals surface area contributed by atoms with Gasteiger partial charge in [-0.05, 0) is 32.3 Å². The van der Waals surface area contributed by atoms with E-state index in [9.17, 15) is 9.59 Å². The molecule has 1 aliphatic heterocycles. The van der Waals surface area contributed by atoms with Crippen LogP contribution in [0.5, 0.6) is 0 Å². The number of pyridine rings is 1. The molecule has 2 N–H and O–H groups in total. The molecule has 0 spiro atoms. The standard InChI is InChI=1S/C18H25N5O2/c1-10(2)15-7-13(14-8-20-23(11(3)4)17(14)21-15)18(25)22-6-5-12(9-22)16(19)24/h7-8,10-12H,5-6,9H2,1-4H3,(H2,19,24)/t12-/m1/s1. The van der Waals surface area contributed by atoms with Crippen LogP contribution < -0.4 is 5.73 Å². The summed E-state index contributed by atoms with van der Waals surface area (Å²) < 4.78 is 1.84. The molecule has 7 heteroatoms. The van der Waals surface area contributed by atoms with Gasteiger partial charge < -0.3 is 10.6 Å². The van der Waals surface area contributed by atoms with Gasteiger partial charge in [0.1, 0.15) is 0 Å². The Bertz CT molecular complexity index is 824. The molecule has 0 bridgehead atoms. The Morgan fingerprint density at radius 1 is 1.28 bits per heavy atom. The van der Waals surface area contributed by atoms with Crippen LogP contribution in [0.15, 0.2) is 12.3 Å². The molecule has 7 nitrogen and oxygen atoms in total. The minimum Gasteiger partial charge on any atom is -0.369 e. The smallest absolute Gasteiger partial charge is 0.254 e. The number of aromatic nitrogens is 3. The maximum absolute atomic E-state index is 13.1. The lowest BCUT2D eigenvalue weighted by Crippen LogP contribution is -2.32. The van der Waals surface area contributed by atoms with E-state index in [1.54, 1.807) is 11.1 Å². The van der Waals surface area contributed by atoms with Gasteiger partial charge in [-0.25, -0.2) is 9.67 Å². The molecule has 134 valence electrons. The van der Waals surface area contributed by atoms with Gasteiger partial charge >= 0.3 is 0 Å². The number of carbonyl (C=O) groups is 2. The van der Waals surface area contributed by atoms with Gasteiger partial charge in [-0.3, -0.25) is 9.59 Å². The highest BCUT2D eigenvalue weighted by molar-refractivity contribution is 6.05. The predicted octanol–water partition coefficient (Wildman–Crippen LogP) is 2.08. The Morgan fingerprint density at radius 2 is 2.00 bits per heavy atom. The van der Waals surface area contributed by atoms with Crippen molar-refractivity contribution in [3.05, 3.63) is 23.5 Å². The molecule has 2 aromatic rings. The van der Waals surface area contributed by atoms with Crippen molar-refractivity contribution in [3.8, 4) is 0 Å². The summed E-state index contributed by atoms with van der Waals surface area (Å²) in [7, 11) is 0. The van der Waals surface area contributed by atoms with Gasteiger partial charge in [0.2, 0.25) is 5.91 Å². The van der Waals surface area contributed by atoms with Crippen molar-refractivity contribution < 1.29 is 9.59 Å².